The van der Waals surface area contributed by atoms with Crippen LogP contribution in [0, 0.1) is 10.1 Å². The summed E-state index contributed by atoms with van der Waals surface area (Å²) in [6.45, 7) is 1.63. The number of anilines is 1. The Labute approximate surface area is 115 Å². The monoisotopic (exact) mass is 289 g/mol. The Balaban J connectivity index is 2.14. The smallest absolute Gasteiger partial charge is 0.293 e. The molecule has 2 N–H and O–H groups in total. The van der Waals surface area contributed by atoms with Gasteiger partial charge in [0.1, 0.15) is 5.69 Å². The molecule has 0 spiro atoms. The van der Waals surface area contributed by atoms with Crippen LogP contribution < -0.4 is 10.6 Å². The van der Waals surface area contributed by atoms with Gasteiger partial charge in [-0.15, -0.1) is 0 Å². The van der Waals surface area contributed by atoms with Gasteiger partial charge in [0.15, 0.2) is 0 Å². The van der Waals surface area contributed by atoms with Crippen molar-refractivity contribution in [2.45, 2.75) is 18.9 Å². The summed E-state index contributed by atoms with van der Waals surface area (Å²) in [5.74, 6) is 0. The lowest BCUT2D eigenvalue weighted by molar-refractivity contribution is -0.383. The van der Waals surface area contributed by atoms with E-state index in [9.17, 15) is 10.1 Å². The summed E-state index contributed by atoms with van der Waals surface area (Å²) >= 11 is 11.7. The minimum absolute atomic E-state index is 0.0533. The highest BCUT2D eigenvalue weighted by molar-refractivity contribution is 6.42. The van der Waals surface area contributed by atoms with Crippen molar-refractivity contribution < 1.29 is 4.92 Å². The number of halogens is 2. The molecule has 0 aromatic heterocycles. The third-order valence-electron chi connectivity index (χ3n) is 2.94. The van der Waals surface area contributed by atoms with Crippen molar-refractivity contribution in [3.63, 3.8) is 0 Å². The summed E-state index contributed by atoms with van der Waals surface area (Å²) in [5, 5.41) is 17.8. The first-order chi connectivity index (χ1) is 8.58. The van der Waals surface area contributed by atoms with E-state index in [0.29, 0.717) is 23.3 Å². The first kappa shape index (κ1) is 13.4. The van der Waals surface area contributed by atoms with Crippen molar-refractivity contribution in [2.75, 3.05) is 18.4 Å². The molecular weight excluding hydrogens is 277 g/mol. The van der Waals surface area contributed by atoms with Gasteiger partial charge in [0.25, 0.3) is 5.69 Å². The molecular formula is C11H13Cl2N3O2. The van der Waals surface area contributed by atoms with Crippen molar-refractivity contribution in [3.05, 3.63) is 32.3 Å². The Morgan fingerprint density at radius 2 is 2.17 bits per heavy atom. The summed E-state index contributed by atoms with van der Waals surface area (Å²) in [5.41, 5.74) is 0.352. The predicted octanol–water partition coefficient (Wildman–Crippen LogP) is 3.07. The quantitative estimate of drug-likeness (QED) is 0.660. The molecule has 2 rings (SSSR count). The van der Waals surface area contributed by atoms with E-state index in [1.807, 2.05) is 0 Å². The molecule has 1 unspecified atom stereocenters. The third-order valence-corrected chi connectivity index (χ3v) is 3.66. The van der Waals surface area contributed by atoms with Crippen LogP contribution in [0.3, 0.4) is 0 Å². The van der Waals surface area contributed by atoms with E-state index >= 15 is 0 Å². The van der Waals surface area contributed by atoms with Gasteiger partial charge < -0.3 is 10.6 Å². The molecule has 0 aliphatic carbocycles. The van der Waals surface area contributed by atoms with E-state index in [2.05, 4.69) is 10.6 Å². The summed E-state index contributed by atoms with van der Waals surface area (Å²) < 4.78 is 0. The second kappa shape index (κ2) is 5.73. The SMILES string of the molecule is O=[N+]([O-])c1cc(Cl)c(Cl)cc1NCC1CCCN1. The van der Waals surface area contributed by atoms with Crippen LogP contribution in [0.1, 0.15) is 12.8 Å². The fourth-order valence-electron chi connectivity index (χ4n) is 1.99. The molecule has 18 heavy (non-hydrogen) atoms. The first-order valence-corrected chi connectivity index (χ1v) is 6.44. The fourth-order valence-corrected chi connectivity index (χ4v) is 2.31. The van der Waals surface area contributed by atoms with Gasteiger partial charge in [0, 0.05) is 18.7 Å². The van der Waals surface area contributed by atoms with Gasteiger partial charge >= 0.3 is 0 Å². The zero-order chi connectivity index (χ0) is 13.1. The maximum atomic E-state index is 10.9. The summed E-state index contributed by atoms with van der Waals surface area (Å²) in [6, 6.07) is 3.12. The minimum Gasteiger partial charge on any atom is -0.378 e. The van der Waals surface area contributed by atoms with Crippen LogP contribution in [-0.2, 0) is 0 Å². The maximum Gasteiger partial charge on any atom is 0.293 e. The Hall–Kier alpha value is -1.04. The van der Waals surface area contributed by atoms with Crippen LogP contribution in [0.4, 0.5) is 11.4 Å². The van der Waals surface area contributed by atoms with Crippen molar-refractivity contribution >= 4 is 34.6 Å². The Bertz CT molecular complexity index is 462. The molecule has 0 radical (unpaired) electrons. The lowest BCUT2D eigenvalue weighted by atomic mass is 10.2. The van der Waals surface area contributed by atoms with Gasteiger partial charge in [-0.2, -0.15) is 0 Å². The molecule has 1 saturated heterocycles. The largest absolute Gasteiger partial charge is 0.378 e. The molecule has 1 heterocycles. The molecule has 1 aromatic carbocycles. The number of nitrogens with one attached hydrogen (secondary N) is 2. The molecule has 98 valence electrons. The third kappa shape index (κ3) is 3.04. The fraction of sp³-hybridized carbons (Fsp3) is 0.455. The molecule has 0 saturated carbocycles. The van der Waals surface area contributed by atoms with E-state index in [0.717, 1.165) is 19.4 Å². The Morgan fingerprint density at radius 3 is 2.78 bits per heavy atom. The summed E-state index contributed by atoms with van der Waals surface area (Å²) in [7, 11) is 0. The average molecular weight is 290 g/mol. The topological polar surface area (TPSA) is 67.2 Å². The van der Waals surface area contributed by atoms with Crippen LogP contribution in [0.2, 0.25) is 10.0 Å². The molecule has 0 amide bonds. The second-order valence-electron chi connectivity index (χ2n) is 4.21. The zero-order valence-electron chi connectivity index (χ0n) is 9.58. The maximum absolute atomic E-state index is 10.9. The number of hydrogen-bond acceptors (Lipinski definition) is 4. The normalized spacial score (nSPS) is 18.9. The van der Waals surface area contributed by atoms with Crippen LogP contribution in [-0.4, -0.2) is 24.1 Å². The van der Waals surface area contributed by atoms with E-state index in [1.165, 1.54) is 12.1 Å². The van der Waals surface area contributed by atoms with Crippen molar-refractivity contribution in [1.29, 1.82) is 0 Å². The number of nitrogens with zero attached hydrogens (tertiary/aromatic N) is 1. The number of nitro groups is 1. The molecule has 7 heteroatoms. The van der Waals surface area contributed by atoms with Crippen LogP contribution in [0.15, 0.2) is 12.1 Å². The lowest BCUT2D eigenvalue weighted by Crippen LogP contribution is -2.29. The zero-order valence-corrected chi connectivity index (χ0v) is 11.1. The van der Waals surface area contributed by atoms with Crippen LogP contribution in [0.5, 0.6) is 0 Å². The van der Waals surface area contributed by atoms with E-state index < -0.39 is 4.92 Å². The first-order valence-electron chi connectivity index (χ1n) is 5.68. The van der Waals surface area contributed by atoms with Gasteiger partial charge in [-0.25, -0.2) is 0 Å². The molecule has 1 aliphatic heterocycles. The highest BCUT2D eigenvalue weighted by Crippen LogP contribution is 2.33. The predicted molar refractivity (Wildman–Crippen MR) is 72.6 cm³/mol. The average Bonchev–Trinajstić information content (AvgIpc) is 2.83. The van der Waals surface area contributed by atoms with Crippen LogP contribution >= 0.6 is 23.2 Å². The number of nitro benzene ring substituents is 1. The van der Waals surface area contributed by atoms with Crippen molar-refractivity contribution in [2.24, 2.45) is 0 Å². The summed E-state index contributed by atoms with van der Waals surface area (Å²) in [6.07, 6.45) is 2.21. The van der Waals surface area contributed by atoms with Crippen molar-refractivity contribution in [1.82, 2.24) is 5.32 Å². The number of benzene rings is 1. The second-order valence-corrected chi connectivity index (χ2v) is 5.03. The number of hydrogen-bond donors (Lipinski definition) is 2. The standard InChI is InChI=1S/C11H13Cl2N3O2/c12-8-4-10(11(16(17)18)5-9(8)13)15-6-7-2-1-3-14-7/h4-5,7,14-15H,1-3,6H2. The van der Waals surface area contributed by atoms with Gasteiger partial charge in [-0.3, -0.25) is 10.1 Å². The molecule has 0 bridgehead atoms. The summed E-state index contributed by atoms with van der Waals surface area (Å²) in [4.78, 5) is 10.5. The molecule has 1 aromatic rings. The van der Waals surface area contributed by atoms with Gasteiger partial charge in [-0.1, -0.05) is 23.2 Å². The Kier molecular flexibility index (Phi) is 4.27. The van der Waals surface area contributed by atoms with Crippen LogP contribution in [0.25, 0.3) is 0 Å². The minimum atomic E-state index is -0.466. The van der Waals surface area contributed by atoms with Gasteiger partial charge in [-0.05, 0) is 25.5 Å². The molecule has 1 atom stereocenters. The van der Waals surface area contributed by atoms with E-state index in [-0.39, 0.29) is 10.7 Å². The van der Waals surface area contributed by atoms with E-state index in [1.54, 1.807) is 0 Å². The highest BCUT2D eigenvalue weighted by atomic mass is 35.5. The molecule has 5 nitrogen and oxygen atoms in total. The van der Waals surface area contributed by atoms with E-state index in [4.69, 9.17) is 23.2 Å². The highest BCUT2D eigenvalue weighted by Gasteiger charge is 2.19. The molecule has 1 fully saturated rings. The van der Waals surface area contributed by atoms with Gasteiger partial charge in [0.2, 0.25) is 0 Å². The van der Waals surface area contributed by atoms with Gasteiger partial charge in [0.05, 0.1) is 15.0 Å². The molecule has 1 aliphatic rings. The number of rotatable bonds is 4. The lowest BCUT2D eigenvalue weighted by Gasteiger charge is -2.13. The van der Waals surface area contributed by atoms with Crippen molar-refractivity contribution in [3.8, 4) is 0 Å². The Morgan fingerprint density at radius 1 is 1.44 bits per heavy atom.